The molecule has 1 N–H and O–H groups in total. The quantitative estimate of drug-likeness (QED) is 0.495. The Kier molecular flexibility index (Phi) is 6.36. The van der Waals surface area contributed by atoms with E-state index in [1.165, 1.54) is 5.56 Å². The average molecular weight is 393 g/mol. The summed E-state index contributed by atoms with van der Waals surface area (Å²) < 4.78 is 7.93. The molecule has 3 heterocycles. The Morgan fingerprint density at radius 1 is 1.17 bits per heavy atom. The molecule has 0 radical (unpaired) electrons. The highest BCUT2D eigenvalue weighted by Gasteiger charge is 2.25. The van der Waals surface area contributed by atoms with Crippen LogP contribution in [-0.4, -0.2) is 51.7 Å². The number of hydrogen-bond acceptors (Lipinski definition) is 4. The van der Waals surface area contributed by atoms with Crippen molar-refractivity contribution in [1.82, 2.24) is 24.8 Å². The molecule has 7 nitrogen and oxygen atoms in total. The number of guanidine groups is 1. The van der Waals surface area contributed by atoms with E-state index in [4.69, 9.17) is 9.73 Å². The van der Waals surface area contributed by atoms with Crippen LogP contribution in [0.5, 0.6) is 0 Å². The van der Waals surface area contributed by atoms with E-state index in [-0.39, 0.29) is 0 Å². The Morgan fingerprint density at radius 2 is 2.03 bits per heavy atom. The highest BCUT2D eigenvalue weighted by atomic mass is 16.5. The Hall–Kier alpha value is -2.93. The van der Waals surface area contributed by atoms with E-state index < -0.39 is 0 Å². The predicted molar refractivity (Wildman–Crippen MR) is 114 cm³/mol. The molecule has 7 heteroatoms. The molecule has 152 valence electrons. The number of benzene rings is 1. The van der Waals surface area contributed by atoms with Crippen LogP contribution in [0.15, 0.2) is 59.7 Å². The summed E-state index contributed by atoms with van der Waals surface area (Å²) in [5.41, 5.74) is 2.07. The van der Waals surface area contributed by atoms with Crippen molar-refractivity contribution >= 4 is 11.6 Å². The third kappa shape index (κ3) is 4.92. The molecule has 3 aromatic rings. The zero-order valence-electron chi connectivity index (χ0n) is 16.9. The number of hydrogen-bond donors (Lipinski definition) is 1. The van der Waals surface area contributed by atoms with E-state index in [9.17, 15) is 0 Å². The molecule has 1 aliphatic rings. The molecular weight excluding hydrogens is 364 g/mol. The number of likely N-dealkylation sites (tertiary alicyclic amines) is 1. The molecule has 1 fully saturated rings. The standard InChI is InChI=1S/C22H28N6O/c1-2-23-22(24-14-21-26-25-20-10-6-7-12-28(20)21)27-13-11-19(15-27)17-29-16-18-8-4-3-5-9-18/h3-10,12,19H,2,11,13-17H2,1H3,(H,23,24). The first-order valence-electron chi connectivity index (χ1n) is 10.3. The number of pyridine rings is 1. The maximum Gasteiger partial charge on any atom is 0.194 e. The molecule has 1 aliphatic heterocycles. The van der Waals surface area contributed by atoms with Gasteiger partial charge in [0.05, 0.1) is 13.2 Å². The second-order valence-electron chi connectivity index (χ2n) is 7.32. The van der Waals surface area contributed by atoms with E-state index in [2.05, 4.69) is 39.5 Å². The van der Waals surface area contributed by atoms with E-state index in [0.29, 0.717) is 19.1 Å². The molecule has 0 saturated carbocycles. The molecule has 4 rings (SSSR count). The molecule has 0 amide bonds. The SMILES string of the molecule is CCNC(=NCc1nnc2ccccn12)N1CCC(COCc2ccccc2)C1. The van der Waals surface area contributed by atoms with Crippen LogP contribution in [-0.2, 0) is 17.9 Å². The minimum Gasteiger partial charge on any atom is -0.376 e. The Bertz CT molecular complexity index is 939. The summed E-state index contributed by atoms with van der Waals surface area (Å²) in [7, 11) is 0. The molecular formula is C22H28N6O. The van der Waals surface area contributed by atoms with Gasteiger partial charge in [0.1, 0.15) is 6.54 Å². The van der Waals surface area contributed by atoms with E-state index in [1.807, 2.05) is 47.0 Å². The maximum atomic E-state index is 5.95. The lowest BCUT2D eigenvalue weighted by molar-refractivity contribution is 0.0906. The van der Waals surface area contributed by atoms with Crippen molar-refractivity contribution in [3.63, 3.8) is 0 Å². The predicted octanol–water partition coefficient (Wildman–Crippen LogP) is 2.73. The fourth-order valence-corrected chi connectivity index (χ4v) is 3.65. The van der Waals surface area contributed by atoms with Gasteiger partial charge >= 0.3 is 0 Å². The van der Waals surface area contributed by atoms with Gasteiger partial charge in [0.2, 0.25) is 0 Å². The fraction of sp³-hybridized carbons (Fsp3) is 0.409. The van der Waals surface area contributed by atoms with Gasteiger partial charge in [-0.3, -0.25) is 4.40 Å². The smallest absolute Gasteiger partial charge is 0.194 e. The molecule has 2 aromatic heterocycles. The van der Waals surface area contributed by atoms with Gasteiger partial charge in [-0.05, 0) is 31.0 Å². The molecule has 29 heavy (non-hydrogen) atoms. The van der Waals surface area contributed by atoms with Crippen LogP contribution >= 0.6 is 0 Å². The van der Waals surface area contributed by atoms with Crippen molar-refractivity contribution in [3.05, 3.63) is 66.1 Å². The monoisotopic (exact) mass is 392 g/mol. The maximum absolute atomic E-state index is 5.95. The van der Waals surface area contributed by atoms with Crippen LogP contribution in [0.3, 0.4) is 0 Å². The van der Waals surface area contributed by atoms with Gasteiger partial charge in [0.25, 0.3) is 0 Å². The van der Waals surface area contributed by atoms with Crippen molar-refractivity contribution in [2.45, 2.75) is 26.5 Å². The van der Waals surface area contributed by atoms with Crippen LogP contribution in [0, 0.1) is 5.92 Å². The number of nitrogens with zero attached hydrogens (tertiary/aromatic N) is 5. The number of aliphatic imine (C=N–C) groups is 1. The van der Waals surface area contributed by atoms with Gasteiger partial charge in [-0.25, -0.2) is 4.99 Å². The summed E-state index contributed by atoms with van der Waals surface area (Å²) in [4.78, 5) is 7.14. The van der Waals surface area contributed by atoms with Crippen LogP contribution in [0.2, 0.25) is 0 Å². The van der Waals surface area contributed by atoms with Gasteiger partial charge in [-0.2, -0.15) is 0 Å². The summed E-state index contributed by atoms with van der Waals surface area (Å²) in [5.74, 6) is 2.31. The normalized spacial score (nSPS) is 17.2. The molecule has 1 atom stereocenters. The van der Waals surface area contributed by atoms with E-state index in [1.54, 1.807) is 0 Å². The van der Waals surface area contributed by atoms with Crippen LogP contribution in [0.1, 0.15) is 24.7 Å². The number of nitrogens with one attached hydrogen (secondary N) is 1. The Labute approximate surface area is 171 Å². The third-order valence-corrected chi connectivity index (χ3v) is 5.14. The van der Waals surface area contributed by atoms with Crippen LogP contribution in [0.25, 0.3) is 5.65 Å². The Balaban J connectivity index is 1.33. The molecule has 1 unspecified atom stereocenters. The van der Waals surface area contributed by atoms with Crippen molar-refractivity contribution in [3.8, 4) is 0 Å². The van der Waals surface area contributed by atoms with Crippen molar-refractivity contribution in [1.29, 1.82) is 0 Å². The van der Waals surface area contributed by atoms with Gasteiger partial charge < -0.3 is 15.0 Å². The second kappa shape index (κ2) is 9.52. The largest absolute Gasteiger partial charge is 0.376 e. The highest BCUT2D eigenvalue weighted by molar-refractivity contribution is 5.80. The van der Waals surface area contributed by atoms with E-state index in [0.717, 1.165) is 50.1 Å². The minimum absolute atomic E-state index is 0.499. The lowest BCUT2D eigenvalue weighted by atomic mass is 10.1. The first-order chi connectivity index (χ1) is 14.3. The number of ether oxygens (including phenoxy) is 1. The zero-order chi connectivity index (χ0) is 19.9. The summed E-state index contributed by atoms with van der Waals surface area (Å²) in [6.45, 7) is 6.83. The molecule has 1 saturated heterocycles. The van der Waals surface area contributed by atoms with Gasteiger partial charge in [-0.15, -0.1) is 10.2 Å². The third-order valence-electron chi connectivity index (χ3n) is 5.14. The van der Waals surface area contributed by atoms with Gasteiger partial charge in [0, 0.05) is 31.7 Å². The molecule has 0 spiro atoms. The van der Waals surface area contributed by atoms with Crippen molar-refractivity contribution < 1.29 is 4.74 Å². The van der Waals surface area contributed by atoms with E-state index >= 15 is 0 Å². The highest BCUT2D eigenvalue weighted by Crippen LogP contribution is 2.18. The first-order valence-corrected chi connectivity index (χ1v) is 10.3. The summed E-state index contributed by atoms with van der Waals surface area (Å²) in [6, 6.07) is 16.2. The Morgan fingerprint density at radius 3 is 2.90 bits per heavy atom. The van der Waals surface area contributed by atoms with Crippen LogP contribution in [0.4, 0.5) is 0 Å². The zero-order valence-corrected chi connectivity index (χ0v) is 16.9. The fourth-order valence-electron chi connectivity index (χ4n) is 3.65. The molecule has 1 aromatic carbocycles. The topological polar surface area (TPSA) is 67.0 Å². The minimum atomic E-state index is 0.499. The first kappa shape index (κ1) is 19.4. The van der Waals surface area contributed by atoms with Crippen molar-refractivity contribution in [2.75, 3.05) is 26.2 Å². The number of fused-ring (bicyclic) bond motifs is 1. The molecule has 0 aliphatic carbocycles. The number of aromatic nitrogens is 3. The number of rotatable bonds is 7. The average Bonchev–Trinajstić information content (AvgIpc) is 3.39. The lowest BCUT2D eigenvalue weighted by Crippen LogP contribution is -2.40. The second-order valence-corrected chi connectivity index (χ2v) is 7.32. The van der Waals surface area contributed by atoms with Gasteiger partial charge in [-0.1, -0.05) is 36.4 Å². The molecule has 0 bridgehead atoms. The summed E-state index contributed by atoms with van der Waals surface area (Å²) in [5, 5.41) is 11.9. The van der Waals surface area contributed by atoms with Crippen molar-refractivity contribution in [2.24, 2.45) is 10.9 Å². The summed E-state index contributed by atoms with van der Waals surface area (Å²) in [6.07, 6.45) is 3.09. The summed E-state index contributed by atoms with van der Waals surface area (Å²) >= 11 is 0. The van der Waals surface area contributed by atoms with Gasteiger partial charge in [0.15, 0.2) is 17.4 Å². The van der Waals surface area contributed by atoms with Crippen LogP contribution < -0.4 is 5.32 Å². The lowest BCUT2D eigenvalue weighted by Gasteiger charge is -2.21.